The van der Waals surface area contributed by atoms with E-state index in [1.807, 2.05) is 0 Å². The molecule has 24 atom stereocenters. The summed E-state index contributed by atoms with van der Waals surface area (Å²) in [5, 5.41) is 162. The van der Waals surface area contributed by atoms with Crippen molar-refractivity contribution in [3.05, 3.63) is 0 Å². The van der Waals surface area contributed by atoms with Crippen LogP contribution in [-0.2, 0) is 47.5 Å². The lowest BCUT2D eigenvalue weighted by atomic mass is 9.92. The van der Waals surface area contributed by atoms with Gasteiger partial charge in [0.25, 0.3) is 5.91 Å². The highest BCUT2D eigenvalue weighted by atomic mass is 16.8. The molecule has 2 amide bonds. The zero-order valence-corrected chi connectivity index (χ0v) is 38.1. The number of aliphatic hydroxyl groups excluding tert-OH is 15. The Kier molecular flexibility index (Phi) is 23.9. The van der Waals surface area contributed by atoms with E-state index in [-0.39, 0.29) is 13.0 Å². The van der Waals surface area contributed by atoms with E-state index in [9.17, 15) is 86.2 Å². The molecule has 0 aromatic heterocycles. The van der Waals surface area contributed by atoms with Gasteiger partial charge in [-0.3, -0.25) is 9.59 Å². The van der Waals surface area contributed by atoms with E-state index >= 15 is 0 Å². The number of carbonyl (C=O) groups is 2. The number of amides is 2. The highest BCUT2D eigenvalue weighted by molar-refractivity contribution is 5.81. The molecule has 27 nitrogen and oxygen atoms in total. The average molecular weight is 995 g/mol. The third kappa shape index (κ3) is 14.6. The number of methoxy groups -OCH3 is 1. The maximum atomic E-state index is 13.3. The highest BCUT2D eigenvalue weighted by Gasteiger charge is 2.54. The predicted octanol–water partition coefficient (Wildman–Crippen LogP) is -8.59. The van der Waals surface area contributed by atoms with Gasteiger partial charge in [-0.15, -0.1) is 0 Å². The second-order valence-electron chi connectivity index (χ2n) is 17.6. The molecule has 4 heterocycles. The second kappa shape index (κ2) is 27.7. The van der Waals surface area contributed by atoms with Gasteiger partial charge in [0, 0.05) is 20.6 Å². The van der Waals surface area contributed by atoms with Crippen molar-refractivity contribution in [2.45, 2.75) is 206 Å². The van der Waals surface area contributed by atoms with Gasteiger partial charge in [0.2, 0.25) is 5.91 Å². The Balaban J connectivity index is 1.21. The summed E-state index contributed by atoms with van der Waals surface area (Å²) in [7, 11) is 1.21. The van der Waals surface area contributed by atoms with E-state index < -0.39 is 185 Å². The molecule has 12 unspecified atom stereocenters. The Bertz CT molecular complexity index is 1490. The van der Waals surface area contributed by atoms with Crippen LogP contribution in [0.15, 0.2) is 0 Å². The van der Waals surface area contributed by atoms with E-state index in [0.717, 1.165) is 0 Å². The molecule has 68 heavy (non-hydrogen) atoms. The van der Waals surface area contributed by atoms with Crippen molar-refractivity contribution in [1.29, 1.82) is 0 Å². The van der Waals surface area contributed by atoms with Gasteiger partial charge < -0.3 is 125 Å². The largest absolute Gasteiger partial charge is 0.394 e. The van der Waals surface area contributed by atoms with Crippen molar-refractivity contribution in [2.24, 2.45) is 0 Å². The van der Waals surface area contributed by atoms with Gasteiger partial charge in [0.1, 0.15) is 104 Å². The summed E-state index contributed by atoms with van der Waals surface area (Å²) < 4.78 is 44.5. The first-order valence-corrected chi connectivity index (χ1v) is 22.8. The van der Waals surface area contributed by atoms with Crippen LogP contribution in [0.2, 0.25) is 0 Å². The lowest BCUT2D eigenvalue weighted by Gasteiger charge is -2.47. The van der Waals surface area contributed by atoms with E-state index in [1.54, 1.807) is 6.92 Å². The van der Waals surface area contributed by atoms with Gasteiger partial charge in [0.15, 0.2) is 25.0 Å². The number of carbonyl (C=O) groups excluding carboxylic acids is 2. The summed E-state index contributed by atoms with van der Waals surface area (Å²) in [5.41, 5.74) is 0. The minimum atomic E-state index is -2.02. The lowest BCUT2D eigenvalue weighted by molar-refractivity contribution is -0.367. The van der Waals surface area contributed by atoms with Gasteiger partial charge in [-0.05, 0) is 19.8 Å². The predicted molar refractivity (Wildman–Crippen MR) is 223 cm³/mol. The fourth-order valence-electron chi connectivity index (χ4n) is 8.67. The highest BCUT2D eigenvalue weighted by Crippen LogP contribution is 2.33. The summed E-state index contributed by atoms with van der Waals surface area (Å²) in [6, 6.07) is -0.962. The molecule has 27 heteroatoms. The van der Waals surface area contributed by atoms with Crippen molar-refractivity contribution < 1.29 is 124 Å². The van der Waals surface area contributed by atoms with E-state index in [2.05, 4.69) is 10.6 Å². The molecule has 4 fully saturated rings. The molecule has 17 N–H and O–H groups in total. The summed E-state index contributed by atoms with van der Waals surface area (Å²) in [6.07, 6.45) is -33.8. The number of ether oxygens (including phenoxy) is 8. The molecular weight excluding hydrogens is 920 g/mol. The quantitative estimate of drug-likeness (QED) is 0.0378. The molecule has 4 aliphatic heterocycles. The van der Waals surface area contributed by atoms with Gasteiger partial charge in [-0.1, -0.05) is 32.1 Å². The summed E-state index contributed by atoms with van der Waals surface area (Å²) in [5.74, 6) is -1.17. The summed E-state index contributed by atoms with van der Waals surface area (Å²) >= 11 is 0. The third-order valence-electron chi connectivity index (χ3n) is 12.7. The van der Waals surface area contributed by atoms with Crippen LogP contribution in [-0.4, -0.2) is 275 Å². The van der Waals surface area contributed by atoms with Crippen LogP contribution in [0, 0.1) is 0 Å². The molecule has 398 valence electrons. The van der Waals surface area contributed by atoms with Gasteiger partial charge in [-0.25, -0.2) is 0 Å². The van der Waals surface area contributed by atoms with Crippen LogP contribution in [0.25, 0.3) is 0 Å². The Morgan fingerprint density at radius 1 is 0.588 bits per heavy atom. The summed E-state index contributed by atoms with van der Waals surface area (Å²) in [4.78, 5) is 25.2. The molecule has 0 bridgehead atoms. The van der Waals surface area contributed by atoms with Crippen LogP contribution >= 0.6 is 0 Å². The SMILES string of the molecule is CO[C@@H]1C(C(=O)NCCCCCCCC[C@@H](O)C(O)[C@H](OC2OC(CO)[C@@H](OC3OC(CO)[C@@H](O)C(O)[C@@H]3O)C(O)[C@@H]2O)C(O)CO)O[C@@H](O[C@@H]2C(NC(C)=O)[C@@H](C)OC(CO)[C@H]2O)C(O)[C@H]1O. The van der Waals surface area contributed by atoms with Crippen LogP contribution in [0.1, 0.15) is 58.8 Å². The monoisotopic (exact) mass is 994 g/mol. The van der Waals surface area contributed by atoms with Crippen molar-refractivity contribution in [2.75, 3.05) is 40.1 Å². The third-order valence-corrected chi connectivity index (χ3v) is 12.7. The molecule has 0 aliphatic carbocycles. The van der Waals surface area contributed by atoms with Crippen LogP contribution in [0.4, 0.5) is 0 Å². The molecule has 0 spiro atoms. The zero-order valence-electron chi connectivity index (χ0n) is 38.1. The van der Waals surface area contributed by atoms with Crippen molar-refractivity contribution in [3.8, 4) is 0 Å². The maximum Gasteiger partial charge on any atom is 0.252 e. The number of unbranched alkanes of at least 4 members (excludes halogenated alkanes) is 5. The van der Waals surface area contributed by atoms with E-state index in [4.69, 9.17) is 37.9 Å². The number of hydrogen-bond donors (Lipinski definition) is 17. The number of hydrogen-bond acceptors (Lipinski definition) is 25. The fourth-order valence-corrected chi connectivity index (χ4v) is 8.67. The average Bonchev–Trinajstić information content (AvgIpc) is 3.32. The maximum absolute atomic E-state index is 13.3. The molecule has 0 aromatic rings. The first-order valence-electron chi connectivity index (χ1n) is 22.8. The lowest BCUT2D eigenvalue weighted by Crippen LogP contribution is -2.68. The molecule has 0 radical (unpaired) electrons. The Morgan fingerprint density at radius 2 is 1.12 bits per heavy atom. The van der Waals surface area contributed by atoms with Crippen LogP contribution < -0.4 is 10.6 Å². The molecule has 4 saturated heterocycles. The first-order chi connectivity index (χ1) is 32.3. The molecular formula is C41H74N2O25. The molecule has 4 rings (SSSR count). The number of rotatable bonds is 25. The fraction of sp³-hybridized carbons (Fsp3) is 0.951. The molecule has 0 saturated carbocycles. The topological polar surface area (TPSA) is 435 Å². The van der Waals surface area contributed by atoms with Crippen LogP contribution in [0.3, 0.4) is 0 Å². The number of nitrogens with one attached hydrogen (secondary N) is 2. The number of aliphatic hydroxyl groups is 15. The van der Waals surface area contributed by atoms with Crippen molar-refractivity contribution >= 4 is 11.8 Å². The smallest absolute Gasteiger partial charge is 0.252 e. The van der Waals surface area contributed by atoms with E-state index in [0.29, 0.717) is 38.5 Å². The Hall–Kier alpha value is -1.98. The molecule has 4 aliphatic rings. The first kappa shape index (κ1) is 58.6. The Labute approximate surface area is 392 Å². The van der Waals surface area contributed by atoms with Crippen molar-refractivity contribution in [1.82, 2.24) is 10.6 Å². The Morgan fingerprint density at radius 3 is 1.72 bits per heavy atom. The minimum absolute atomic E-state index is 0.00402. The van der Waals surface area contributed by atoms with Gasteiger partial charge in [0.05, 0.1) is 44.7 Å². The van der Waals surface area contributed by atoms with E-state index in [1.165, 1.54) is 14.0 Å². The van der Waals surface area contributed by atoms with Crippen molar-refractivity contribution in [3.63, 3.8) is 0 Å². The minimum Gasteiger partial charge on any atom is -0.394 e. The molecule has 0 aromatic carbocycles. The summed E-state index contributed by atoms with van der Waals surface area (Å²) in [6.45, 7) is -0.247. The normalized spacial score (nSPS) is 40.8. The van der Waals surface area contributed by atoms with Gasteiger partial charge in [-0.2, -0.15) is 0 Å². The van der Waals surface area contributed by atoms with Crippen LogP contribution in [0.5, 0.6) is 0 Å². The van der Waals surface area contributed by atoms with Gasteiger partial charge >= 0.3 is 0 Å². The second-order valence-corrected chi connectivity index (χ2v) is 17.6. The standard InChI is InChI=1S/C41H74N2O25/c1-16-23(43-17(2)48)35(26(53)21(14-46)62-16)67-41-32(59)29(56)36(61-3)37(68-41)38(60)42-11-9-7-5-4-6-8-10-18(49)24(51)33(19(50)12-44)65-40-31(58)28(55)34(22(15-47)64-40)66-39-30(57)27(54)25(52)20(13-45)63-39/h16,18-37,39-41,44-47,49-59H,4-15H2,1-3H3,(H,42,60)(H,43,48)/t16-,18-,19?,20?,21?,22?,23?,24?,25-,26-,27?,28?,29-,30+,31+,32?,33-,34-,35-,36+,37?,39?,40?,41-/m1/s1. The zero-order chi connectivity index (χ0) is 50.6.